The lowest BCUT2D eigenvalue weighted by Crippen LogP contribution is -2.45. The van der Waals surface area contributed by atoms with Crippen LogP contribution in [0.1, 0.15) is 12.0 Å². The monoisotopic (exact) mass is 425 g/mol. The van der Waals surface area contributed by atoms with Crippen LogP contribution in [0.25, 0.3) is 0 Å². The molecule has 0 bridgehead atoms. The van der Waals surface area contributed by atoms with Gasteiger partial charge in [-0.25, -0.2) is 0 Å². The highest BCUT2D eigenvalue weighted by molar-refractivity contribution is 5.77. The molecule has 1 fully saturated rings. The molecule has 31 heavy (non-hydrogen) atoms. The standard InChI is InChI=1S/C24H31N3O4/c1-25-12-14-26(15-13-25)10-5-11-27(24(28)18-29-21-6-3-2-4-7-21)17-20-8-9-22-23(16-20)31-19-30-22/h2-4,6-9,16H,5,10-15,17-19H2,1H3. The topological polar surface area (TPSA) is 54.5 Å². The van der Waals surface area contributed by atoms with Gasteiger partial charge in [0.2, 0.25) is 6.79 Å². The minimum Gasteiger partial charge on any atom is -0.484 e. The molecule has 0 unspecified atom stereocenters. The maximum absolute atomic E-state index is 13.0. The van der Waals surface area contributed by atoms with Gasteiger partial charge in [-0.3, -0.25) is 4.79 Å². The van der Waals surface area contributed by atoms with Crippen molar-refractivity contribution < 1.29 is 19.0 Å². The fraction of sp³-hybridized carbons (Fsp3) is 0.458. The minimum absolute atomic E-state index is 0.0140. The highest BCUT2D eigenvalue weighted by Gasteiger charge is 2.19. The Morgan fingerprint density at radius 3 is 2.61 bits per heavy atom. The molecule has 2 aromatic carbocycles. The number of para-hydroxylation sites is 1. The zero-order chi connectivity index (χ0) is 21.5. The second-order valence-corrected chi connectivity index (χ2v) is 8.10. The number of hydrogen-bond acceptors (Lipinski definition) is 6. The van der Waals surface area contributed by atoms with Crippen molar-refractivity contribution in [3.05, 3.63) is 54.1 Å². The Balaban J connectivity index is 1.35. The van der Waals surface area contributed by atoms with Crippen LogP contribution in [0.4, 0.5) is 0 Å². The molecule has 0 atom stereocenters. The van der Waals surface area contributed by atoms with Crippen molar-refractivity contribution in [2.75, 3.05) is 59.7 Å². The molecule has 2 aromatic rings. The number of fused-ring (bicyclic) bond motifs is 1. The number of likely N-dealkylation sites (N-methyl/N-ethyl adjacent to an activating group) is 1. The van der Waals surface area contributed by atoms with Crippen LogP contribution in [0, 0.1) is 0 Å². The largest absolute Gasteiger partial charge is 0.484 e. The van der Waals surface area contributed by atoms with E-state index in [1.807, 2.05) is 53.4 Å². The van der Waals surface area contributed by atoms with Crippen LogP contribution < -0.4 is 14.2 Å². The number of ether oxygens (including phenoxy) is 3. The van der Waals surface area contributed by atoms with Gasteiger partial charge in [0.05, 0.1) is 0 Å². The van der Waals surface area contributed by atoms with Crippen molar-refractivity contribution in [1.29, 1.82) is 0 Å². The Morgan fingerprint density at radius 1 is 1.03 bits per heavy atom. The van der Waals surface area contributed by atoms with Crippen molar-refractivity contribution >= 4 is 5.91 Å². The third-order valence-corrected chi connectivity index (χ3v) is 5.77. The first-order chi connectivity index (χ1) is 15.2. The van der Waals surface area contributed by atoms with Crippen molar-refractivity contribution in [3.8, 4) is 17.2 Å². The average molecular weight is 426 g/mol. The smallest absolute Gasteiger partial charge is 0.260 e. The molecule has 4 rings (SSSR count). The number of piperazine rings is 1. The summed E-state index contributed by atoms with van der Waals surface area (Å²) in [7, 11) is 2.16. The van der Waals surface area contributed by atoms with Crippen LogP contribution in [0.2, 0.25) is 0 Å². The van der Waals surface area contributed by atoms with Gasteiger partial charge in [-0.05, 0) is 49.8 Å². The van der Waals surface area contributed by atoms with Gasteiger partial charge >= 0.3 is 0 Å². The lowest BCUT2D eigenvalue weighted by molar-refractivity contribution is -0.134. The van der Waals surface area contributed by atoms with E-state index in [9.17, 15) is 4.79 Å². The Hall–Kier alpha value is -2.77. The second kappa shape index (κ2) is 10.5. The number of carbonyl (C=O) groups excluding carboxylic acids is 1. The fourth-order valence-corrected chi connectivity index (χ4v) is 3.86. The van der Waals surface area contributed by atoms with E-state index in [1.165, 1.54) is 0 Å². The minimum atomic E-state index is -0.0140. The first-order valence-corrected chi connectivity index (χ1v) is 10.9. The van der Waals surface area contributed by atoms with Gasteiger partial charge in [0.15, 0.2) is 18.1 Å². The van der Waals surface area contributed by atoms with E-state index in [4.69, 9.17) is 14.2 Å². The number of benzene rings is 2. The Kier molecular flexibility index (Phi) is 7.27. The predicted octanol–water partition coefficient (Wildman–Crippen LogP) is 2.46. The first kappa shape index (κ1) is 21.5. The molecule has 0 aromatic heterocycles. The van der Waals surface area contributed by atoms with Gasteiger partial charge in [-0.1, -0.05) is 24.3 Å². The highest BCUT2D eigenvalue weighted by atomic mass is 16.7. The van der Waals surface area contributed by atoms with Crippen molar-refractivity contribution in [2.45, 2.75) is 13.0 Å². The van der Waals surface area contributed by atoms with Crippen LogP contribution in [0.5, 0.6) is 17.2 Å². The number of nitrogens with zero attached hydrogens (tertiary/aromatic N) is 3. The molecule has 0 N–H and O–H groups in total. The molecule has 2 aliphatic heterocycles. The average Bonchev–Trinajstić information content (AvgIpc) is 3.27. The lowest BCUT2D eigenvalue weighted by atomic mass is 10.1. The Bertz CT molecular complexity index is 853. The summed E-state index contributed by atoms with van der Waals surface area (Å²) in [5.41, 5.74) is 1.02. The number of rotatable bonds is 9. The van der Waals surface area contributed by atoms with E-state index >= 15 is 0 Å². The second-order valence-electron chi connectivity index (χ2n) is 8.10. The van der Waals surface area contributed by atoms with E-state index < -0.39 is 0 Å². The van der Waals surface area contributed by atoms with Gasteiger partial charge in [-0.15, -0.1) is 0 Å². The van der Waals surface area contributed by atoms with E-state index in [0.29, 0.717) is 18.8 Å². The molecule has 166 valence electrons. The van der Waals surface area contributed by atoms with Crippen molar-refractivity contribution in [2.24, 2.45) is 0 Å². The van der Waals surface area contributed by atoms with Gasteiger partial charge in [0.1, 0.15) is 5.75 Å². The quantitative estimate of drug-likeness (QED) is 0.615. The summed E-state index contributed by atoms with van der Waals surface area (Å²) in [4.78, 5) is 19.7. The van der Waals surface area contributed by atoms with Crippen LogP contribution in [-0.2, 0) is 11.3 Å². The van der Waals surface area contributed by atoms with Gasteiger partial charge in [0.25, 0.3) is 5.91 Å². The zero-order valence-electron chi connectivity index (χ0n) is 18.2. The molecule has 1 amide bonds. The molecule has 2 aliphatic rings. The SMILES string of the molecule is CN1CCN(CCCN(Cc2ccc3c(c2)OCO3)C(=O)COc2ccccc2)CC1. The molecule has 7 heteroatoms. The third-order valence-electron chi connectivity index (χ3n) is 5.77. The van der Waals surface area contributed by atoms with Crippen molar-refractivity contribution in [3.63, 3.8) is 0 Å². The summed E-state index contributed by atoms with van der Waals surface area (Å²) in [6.07, 6.45) is 0.936. The summed E-state index contributed by atoms with van der Waals surface area (Å²) in [6.45, 7) is 6.87. The molecule has 0 aliphatic carbocycles. The molecule has 7 nitrogen and oxygen atoms in total. The highest BCUT2D eigenvalue weighted by Crippen LogP contribution is 2.32. The van der Waals surface area contributed by atoms with Crippen LogP contribution >= 0.6 is 0 Å². The molecule has 0 radical (unpaired) electrons. The third kappa shape index (κ3) is 6.12. The first-order valence-electron chi connectivity index (χ1n) is 10.9. The summed E-state index contributed by atoms with van der Waals surface area (Å²) >= 11 is 0. The van der Waals surface area contributed by atoms with Gasteiger partial charge in [0, 0.05) is 39.3 Å². The lowest BCUT2D eigenvalue weighted by Gasteiger charge is -2.33. The Morgan fingerprint density at radius 2 is 1.81 bits per heavy atom. The Labute approximate surface area is 184 Å². The van der Waals surface area contributed by atoms with Crippen molar-refractivity contribution in [1.82, 2.24) is 14.7 Å². The van der Waals surface area contributed by atoms with Crippen LogP contribution in [-0.4, -0.2) is 80.3 Å². The van der Waals surface area contributed by atoms with E-state index in [1.54, 1.807) is 0 Å². The normalized spacial score (nSPS) is 16.3. The fourth-order valence-electron chi connectivity index (χ4n) is 3.86. The number of hydrogen-bond donors (Lipinski definition) is 0. The van der Waals surface area contributed by atoms with E-state index in [0.717, 1.165) is 56.2 Å². The maximum atomic E-state index is 13.0. The summed E-state index contributed by atoms with van der Waals surface area (Å²) < 4.78 is 16.6. The number of carbonyl (C=O) groups is 1. The zero-order valence-corrected chi connectivity index (χ0v) is 18.2. The van der Waals surface area contributed by atoms with Crippen LogP contribution in [0.3, 0.4) is 0 Å². The molecular formula is C24H31N3O4. The molecule has 0 saturated carbocycles. The summed E-state index contributed by atoms with van der Waals surface area (Å²) in [6, 6.07) is 15.3. The molecule has 0 spiro atoms. The van der Waals surface area contributed by atoms with Gasteiger partial charge in [-0.2, -0.15) is 0 Å². The predicted molar refractivity (Wildman–Crippen MR) is 118 cm³/mol. The maximum Gasteiger partial charge on any atom is 0.260 e. The van der Waals surface area contributed by atoms with Crippen LogP contribution in [0.15, 0.2) is 48.5 Å². The molecular weight excluding hydrogens is 394 g/mol. The van der Waals surface area contributed by atoms with E-state index in [-0.39, 0.29) is 19.3 Å². The molecule has 2 heterocycles. The van der Waals surface area contributed by atoms with E-state index in [2.05, 4.69) is 16.8 Å². The van der Waals surface area contributed by atoms with Gasteiger partial charge < -0.3 is 28.9 Å². The summed E-state index contributed by atoms with van der Waals surface area (Å²) in [5, 5.41) is 0. The number of amides is 1. The molecule has 1 saturated heterocycles. The summed E-state index contributed by atoms with van der Waals surface area (Å²) in [5.74, 6) is 2.18.